The molecule has 1 rings (SSSR count). The Labute approximate surface area is 90.3 Å². The van der Waals surface area contributed by atoms with E-state index in [1.165, 1.54) is 0 Å². The van der Waals surface area contributed by atoms with Gasteiger partial charge in [-0.25, -0.2) is 4.74 Å². The highest BCUT2D eigenvalue weighted by Gasteiger charge is 1.96. The van der Waals surface area contributed by atoms with E-state index in [0.717, 1.165) is 29.6 Å². The number of hydrogen-bond acceptors (Lipinski definition) is 2. The SMILES string of the molecule is [O-]/[N+](=C\CCCCO)Cc1ccccc1. The Balaban J connectivity index is 2.32. The Morgan fingerprint density at radius 1 is 1.20 bits per heavy atom. The van der Waals surface area contributed by atoms with Crippen LogP contribution in [0.5, 0.6) is 0 Å². The van der Waals surface area contributed by atoms with Crippen molar-refractivity contribution in [2.24, 2.45) is 0 Å². The predicted octanol–water partition coefficient (Wildman–Crippen LogP) is 1.93. The quantitative estimate of drug-likeness (QED) is 0.255. The van der Waals surface area contributed by atoms with Crippen molar-refractivity contribution in [2.45, 2.75) is 25.8 Å². The van der Waals surface area contributed by atoms with Crippen molar-refractivity contribution in [1.29, 1.82) is 0 Å². The molecule has 0 amide bonds. The second kappa shape index (κ2) is 7.01. The number of rotatable bonds is 6. The lowest BCUT2D eigenvalue weighted by atomic mass is 10.2. The molecule has 1 aromatic carbocycles. The van der Waals surface area contributed by atoms with Gasteiger partial charge in [-0.05, 0) is 12.8 Å². The van der Waals surface area contributed by atoms with Crippen LogP contribution in [-0.4, -0.2) is 22.7 Å². The minimum Gasteiger partial charge on any atom is -0.624 e. The van der Waals surface area contributed by atoms with E-state index < -0.39 is 0 Å². The van der Waals surface area contributed by atoms with Gasteiger partial charge in [0, 0.05) is 18.6 Å². The number of aliphatic hydroxyl groups excluding tert-OH is 1. The summed E-state index contributed by atoms with van der Waals surface area (Å²) in [5, 5.41) is 19.9. The van der Waals surface area contributed by atoms with Gasteiger partial charge in [0.15, 0.2) is 12.8 Å². The van der Waals surface area contributed by atoms with Crippen molar-refractivity contribution in [2.75, 3.05) is 6.61 Å². The van der Waals surface area contributed by atoms with Crippen LogP contribution in [-0.2, 0) is 6.54 Å². The normalized spacial score (nSPS) is 11.7. The molecule has 0 atom stereocenters. The zero-order valence-electron chi connectivity index (χ0n) is 8.80. The number of aliphatic hydroxyl groups is 1. The summed E-state index contributed by atoms with van der Waals surface area (Å²) >= 11 is 0. The fourth-order valence-corrected chi connectivity index (χ4v) is 1.32. The molecule has 0 aliphatic carbocycles. The maximum Gasteiger partial charge on any atom is 0.178 e. The number of hydroxylamine groups is 1. The molecule has 1 N–H and O–H groups in total. The minimum absolute atomic E-state index is 0.200. The lowest BCUT2D eigenvalue weighted by molar-refractivity contribution is -0.471. The average Bonchev–Trinajstić information content (AvgIpc) is 2.26. The fourth-order valence-electron chi connectivity index (χ4n) is 1.32. The maximum atomic E-state index is 11.4. The smallest absolute Gasteiger partial charge is 0.178 e. The van der Waals surface area contributed by atoms with E-state index >= 15 is 0 Å². The summed E-state index contributed by atoms with van der Waals surface area (Å²) in [4.78, 5) is 0. The fraction of sp³-hybridized carbons (Fsp3) is 0.417. The van der Waals surface area contributed by atoms with Gasteiger partial charge in [0.2, 0.25) is 0 Å². The Bertz CT molecular complexity index is 296. The molecule has 1 aromatic rings. The molecule has 82 valence electrons. The minimum atomic E-state index is 0.200. The van der Waals surface area contributed by atoms with Crippen LogP contribution >= 0.6 is 0 Å². The van der Waals surface area contributed by atoms with Gasteiger partial charge in [0.05, 0.1) is 0 Å². The van der Waals surface area contributed by atoms with Gasteiger partial charge >= 0.3 is 0 Å². The van der Waals surface area contributed by atoms with Gasteiger partial charge in [0.25, 0.3) is 0 Å². The van der Waals surface area contributed by atoms with Gasteiger partial charge in [0.1, 0.15) is 0 Å². The monoisotopic (exact) mass is 207 g/mol. The third kappa shape index (κ3) is 5.18. The lowest BCUT2D eigenvalue weighted by Gasteiger charge is -2.03. The van der Waals surface area contributed by atoms with E-state index in [1.54, 1.807) is 6.21 Å². The lowest BCUT2D eigenvalue weighted by Crippen LogP contribution is -2.04. The molecule has 0 saturated carbocycles. The van der Waals surface area contributed by atoms with Gasteiger partial charge in [-0.2, -0.15) is 0 Å². The van der Waals surface area contributed by atoms with Gasteiger partial charge < -0.3 is 10.3 Å². The van der Waals surface area contributed by atoms with E-state index in [4.69, 9.17) is 5.11 Å². The van der Waals surface area contributed by atoms with Crippen molar-refractivity contribution >= 4 is 6.21 Å². The first-order valence-electron chi connectivity index (χ1n) is 5.25. The summed E-state index contributed by atoms with van der Waals surface area (Å²) in [5.74, 6) is 0. The highest BCUT2D eigenvalue weighted by molar-refractivity contribution is 5.51. The Hall–Kier alpha value is -1.35. The van der Waals surface area contributed by atoms with Crippen molar-refractivity contribution in [1.82, 2.24) is 0 Å². The highest BCUT2D eigenvalue weighted by atomic mass is 16.5. The number of nitrogens with zero attached hydrogens (tertiary/aromatic N) is 1. The van der Waals surface area contributed by atoms with E-state index in [0.29, 0.717) is 6.54 Å². The molecule has 0 heterocycles. The number of hydrogen-bond donors (Lipinski definition) is 1. The van der Waals surface area contributed by atoms with Crippen molar-refractivity contribution in [3.63, 3.8) is 0 Å². The molecule has 0 aliphatic rings. The predicted molar refractivity (Wildman–Crippen MR) is 60.8 cm³/mol. The second-order valence-corrected chi connectivity index (χ2v) is 3.46. The largest absolute Gasteiger partial charge is 0.624 e. The van der Waals surface area contributed by atoms with Crippen LogP contribution in [0, 0.1) is 5.21 Å². The van der Waals surface area contributed by atoms with Crippen LogP contribution in [0.1, 0.15) is 24.8 Å². The molecular weight excluding hydrogens is 190 g/mol. The van der Waals surface area contributed by atoms with Gasteiger partial charge in [-0.3, -0.25) is 0 Å². The third-order valence-electron chi connectivity index (χ3n) is 2.13. The standard InChI is InChI=1S/C12H17NO2/c14-10-6-2-5-9-13(15)11-12-7-3-1-4-8-12/h1,3-4,7-9,14H,2,5-6,10-11H2/b13-9-. The van der Waals surface area contributed by atoms with Crippen molar-refractivity contribution < 1.29 is 9.85 Å². The molecule has 0 bridgehead atoms. The Morgan fingerprint density at radius 2 is 1.93 bits per heavy atom. The average molecular weight is 207 g/mol. The first-order chi connectivity index (χ1) is 7.33. The van der Waals surface area contributed by atoms with E-state index in [9.17, 15) is 5.21 Å². The topological polar surface area (TPSA) is 46.3 Å². The molecule has 0 spiro atoms. The third-order valence-corrected chi connectivity index (χ3v) is 2.13. The first kappa shape index (κ1) is 11.7. The highest BCUT2D eigenvalue weighted by Crippen LogP contribution is 2.00. The van der Waals surface area contributed by atoms with Crippen LogP contribution in [0.2, 0.25) is 0 Å². The molecular formula is C12H17NO2. The van der Waals surface area contributed by atoms with Crippen LogP contribution in [0.3, 0.4) is 0 Å². The van der Waals surface area contributed by atoms with E-state index in [1.807, 2.05) is 30.3 Å². The van der Waals surface area contributed by atoms with Crippen LogP contribution in [0.15, 0.2) is 30.3 Å². The molecule has 0 aliphatic heterocycles. The number of unbranched alkanes of at least 4 members (excludes halogenated alkanes) is 2. The van der Waals surface area contributed by atoms with E-state index in [2.05, 4.69) is 0 Å². The Morgan fingerprint density at radius 3 is 2.60 bits per heavy atom. The summed E-state index contributed by atoms with van der Waals surface area (Å²) in [6.45, 7) is 0.603. The molecule has 3 nitrogen and oxygen atoms in total. The van der Waals surface area contributed by atoms with Crippen molar-refractivity contribution in [3.8, 4) is 0 Å². The molecule has 0 fully saturated rings. The molecule has 0 saturated heterocycles. The van der Waals surface area contributed by atoms with Gasteiger partial charge in [-0.1, -0.05) is 30.3 Å². The zero-order chi connectivity index (χ0) is 10.9. The van der Waals surface area contributed by atoms with Crippen LogP contribution in [0.25, 0.3) is 0 Å². The first-order valence-corrected chi connectivity index (χ1v) is 5.25. The number of benzene rings is 1. The van der Waals surface area contributed by atoms with Crippen molar-refractivity contribution in [3.05, 3.63) is 41.1 Å². The zero-order valence-corrected chi connectivity index (χ0v) is 8.80. The van der Waals surface area contributed by atoms with Crippen LogP contribution < -0.4 is 0 Å². The molecule has 3 heteroatoms. The maximum absolute atomic E-state index is 11.4. The molecule has 15 heavy (non-hydrogen) atoms. The van der Waals surface area contributed by atoms with Gasteiger partial charge in [-0.15, -0.1) is 0 Å². The summed E-state index contributed by atoms with van der Waals surface area (Å²) < 4.78 is 0.951. The van der Waals surface area contributed by atoms with Crippen LogP contribution in [0.4, 0.5) is 0 Å². The Kier molecular flexibility index (Phi) is 5.48. The summed E-state index contributed by atoms with van der Waals surface area (Å²) in [6, 6.07) is 9.66. The second-order valence-electron chi connectivity index (χ2n) is 3.46. The summed E-state index contributed by atoms with van der Waals surface area (Å²) in [7, 11) is 0. The molecule has 0 aromatic heterocycles. The molecule has 0 radical (unpaired) electrons. The summed E-state index contributed by atoms with van der Waals surface area (Å²) in [5.41, 5.74) is 1.02. The van der Waals surface area contributed by atoms with E-state index in [-0.39, 0.29) is 6.61 Å². The molecule has 0 unspecified atom stereocenters. The summed E-state index contributed by atoms with van der Waals surface area (Å²) in [6.07, 6.45) is 4.00.